The van der Waals surface area contributed by atoms with Crippen molar-refractivity contribution in [3.8, 4) is 0 Å². The summed E-state index contributed by atoms with van der Waals surface area (Å²) in [6, 6.07) is 10.5. The molecule has 1 aromatic heterocycles. The van der Waals surface area contributed by atoms with E-state index in [1.54, 1.807) is 6.20 Å². The SMILES string of the molecule is Cl.Cl.NC1(C(=O)NCc2nccn2CCCc2ccccc2)CCCCC1. The number of rotatable bonds is 7. The van der Waals surface area contributed by atoms with Crippen LogP contribution in [0.15, 0.2) is 42.7 Å². The molecule has 5 nitrogen and oxygen atoms in total. The molecule has 0 spiro atoms. The van der Waals surface area contributed by atoms with E-state index in [9.17, 15) is 4.79 Å². The molecule has 150 valence electrons. The van der Waals surface area contributed by atoms with Gasteiger partial charge in [-0.15, -0.1) is 24.8 Å². The highest BCUT2D eigenvalue weighted by atomic mass is 35.5. The quantitative estimate of drug-likeness (QED) is 0.728. The first-order valence-electron chi connectivity index (χ1n) is 9.28. The van der Waals surface area contributed by atoms with Crippen LogP contribution in [0.4, 0.5) is 0 Å². The molecule has 0 bridgehead atoms. The van der Waals surface area contributed by atoms with Gasteiger partial charge in [-0.2, -0.15) is 0 Å². The number of aromatic nitrogens is 2. The molecule has 1 aliphatic carbocycles. The van der Waals surface area contributed by atoms with Crippen LogP contribution in [0.2, 0.25) is 0 Å². The lowest BCUT2D eigenvalue weighted by atomic mass is 9.82. The Balaban J connectivity index is 0.00000182. The number of carbonyl (C=O) groups excluding carboxylic acids is 1. The number of nitrogens with two attached hydrogens (primary N) is 1. The van der Waals surface area contributed by atoms with E-state index in [1.807, 2.05) is 12.3 Å². The molecule has 3 rings (SSSR count). The first-order valence-corrected chi connectivity index (χ1v) is 9.28. The van der Waals surface area contributed by atoms with Gasteiger partial charge in [0.25, 0.3) is 0 Å². The molecule has 27 heavy (non-hydrogen) atoms. The van der Waals surface area contributed by atoms with Crippen LogP contribution >= 0.6 is 24.8 Å². The van der Waals surface area contributed by atoms with Gasteiger partial charge in [0.15, 0.2) is 0 Å². The lowest BCUT2D eigenvalue weighted by Crippen LogP contribution is -2.54. The Hall–Kier alpha value is -1.56. The molecule has 0 aliphatic heterocycles. The fourth-order valence-corrected chi connectivity index (χ4v) is 3.55. The molecule has 0 radical (unpaired) electrons. The predicted molar refractivity (Wildman–Crippen MR) is 113 cm³/mol. The molecular formula is C20H30Cl2N4O. The Morgan fingerprint density at radius 1 is 1.15 bits per heavy atom. The zero-order chi connectivity index (χ0) is 17.5. The van der Waals surface area contributed by atoms with Crippen LogP contribution in [0, 0.1) is 0 Å². The van der Waals surface area contributed by atoms with E-state index in [0.29, 0.717) is 6.54 Å². The van der Waals surface area contributed by atoms with E-state index in [2.05, 4.69) is 39.1 Å². The summed E-state index contributed by atoms with van der Waals surface area (Å²) in [4.78, 5) is 16.8. The highest BCUT2D eigenvalue weighted by Crippen LogP contribution is 2.26. The first kappa shape index (κ1) is 23.5. The number of amides is 1. The van der Waals surface area contributed by atoms with Crippen molar-refractivity contribution < 1.29 is 4.79 Å². The van der Waals surface area contributed by atoms with E-state index < -0.39 is 5.54 Å². The molecule has 1 aromatic carbocycles. The van der Waals surface area contributed by atoms with Gasteiger partial charge in [-0.1, -0.05) is 49.6 Å². The zero-order valence-electron chi connectivity index (χ0n) is 15.6. The molecule has 1 heterocycles. The predicted octanol–water partition coefficient (Wildman–Crippen LogP) is 3.64. The standard InChI is InChI=1S/C20H28N4O.2ClH/c21-20(11-5-2-6-12-20)19(25)23-16-18-22-13-15-24(18)14-7-10-17-8-3-1-4-9-17;;/h1,3-4,8-9,13,15H,2,5-7,10-12,14,16,21H2,(H,23,25);2*1H. The number of halogens is 2. The average Bonchev–Trinajstić information content (AvgIpc) is 3.08. The second-order valence-electron chi connectivity index (χ2n) is 7.03. The molecule has 1 saturated carbocycles. The minimum Gasteiger partial charge on any atom is -0.347 e. The van der Waals surface area contributed by atoms with E-state index in [4.69, 9.17) is 5.73 Å². The smallest absolute Gasteiger partial charge is 0.240 e. The number of hydrogen-bond donors (Lipinski definition) is 2. The molecule has 1 amide bonds. The second-order valence-corrected chi connectivity index (χ2v) is 7.03. The Bertz CT molecular complexity index is 684. The largest absolute Gasteiger partial charge is 0.347 e. The van der Waals surface area contributed by atoms with E-state index in [0.717, 1.165) is 50.9 Å². The van der Waals surface area contributed by atoms with Crippen LogP contribution < -0.4 is 11.1 Å². The van der Waals surface area contributed by atoms with Crippen LogP contribution in [0.3, 0.4) is 0 Å². The van der Waals surface area contributed by atoms with Crippen molar-refractivity contribution in [2.24, 2.45) is 5.73 Å². The summed E-state index contributed by atoms with van der Waals surface area (Å²) in [7, 11) is 0. The summed E-state index contributed by atoms with van der Waals surface area (Å²) in [6.45, 7) is 1.34. The molecule has 7 heteroatoms. The van der Waals surface area contributed by atoms with Gasteiger partial charge in [-0.05, 0) is 31.2 Å². The number of imidazole rings is 1. The van der Waals surface area contributed by atoms with Crippen molar-refractivity contribution in [3.05, 3.63) is 54.1 Å². The fourth-order valence-electron chi connectivity index (χ4n) is 3.55. The molecule has 3 N–H and O–H groups in total. The van der Waals surface area contributed by atoms with Crippen molar-refractivity contribution in [3.63, 3.8) is 0 Å². The Labute approximate surface area is 173 Å². The third-order valence-electron chi connectivity index (χ3n) is 5.11. The molecule has 2 aromatic rings. The Morgan fingerprint density at radius 2 is 1.85 bits per heavy atom. The minimum absolute atomic E-state index is 0. The zero-order valence-corrected chi connectivity index (χ0v) is 17.2. The summed E-state index contributed by atoms with van der Waals surface area (Å²) in [5.74, 6) is 0.854. The third-order valence-corrected chi connectivity index (χ3v) is 5.11. The van der Waals surface area contributed by atoms with Gasteiger partial charge in [0.05, 0.1) is 12.1 Å². The molecular weight excluding hydrogens is 383 g/mol. The van der Waals surface area contributed by atoms with Gasteiger partial charge >= 0.3 is 0 Å². The maximum atomic E-state index is 12.5. The van der Waals surface area contributed by atoms with E-state index >= 15 is 0 Å². The summed E-state index contributed by atoms with van der Waals surface area (Å²) >= 11 is 0. The lowest BCUT2D eigenvalue weighted by molar-refractivity contribution is -0.127. The Morgan fingerprint density at radius 3 is 2.56 bits per heavy atom. The van der Waals surface area contributed by atoms with Crippen LogP contribution in [-0.2, 0) is 24.3 Å². The molecule has 1 aliphatic rings. The number of benzene rings is 1. The lowest BCUT2D eigenvalue weighted by Gasteiger charge is -2.31. The maximum absolute atomic E-state index is 12.5. The number of aryl methyl sites for hydroxylation is 2. The summed E-state index contributed by atoms with van der Waals surface area (Å²) in [5.41, 5.74) is 6.94. The maximum Gasteiger partial charge on any atom is 0.240 e. The number of carbonyl (C=O) groups is 1. The number of hydrogen-bond acceptors (Lipinski definition) is 3. The van der Waals surface area contributed by atoms with Crippen LogP contribution in [0.5, 0.6) is 0 Å². The van der Waals surface area contributed by atoms with Gasteiger partial charge in [0.2, 0.25) is 5.91 Å². The van der Waals surface area contributed by atoms with Crippen LogP contribution in [0.1, 0.15) is 49.9 Å². The first-order chi connectivity index (χ1) is 12.2. The van der Waals surface area contributed by atoms with E-state index in [1.165, 1.54) is 12.0 Å². The minimum atomic E-state index is -0.691. The van der Waals surface area contributed by atoms with Crippen LogP contribution in [-0.4, -0.2) is 21.0 Å². The van der Waals surface area contributed by atoms with Gasteiger partial charge in [0.1, 0.15) is 5.82 Å². The van der Waals surface area contributed by atoms with Gasteiger partial charge < -0.3 is 15.6 Å². The molecule has 0 atom stereocenters. The number of nitrogens with one attached hydrogen (secondary N) is 1. The van der Waals surface area contributed by atoms with Gasteiger partial charge in [0, 0.05) is 18.9 Å². The summed E-state index contributed by atoms with van der Waals surface area (Å²) in [5, 5.41) is 3.00. The van der Waals surface area contributed by atoms with Gasteiger partial charge in [-0.3, -0.25) is 4.79 Å². The van der Waals surface area contributed by atoms with Crippen molar-refractivity contribution in [1.82, 2.24) is 14.9 Å². The third kappa shape index (κ3) is 6.52. The Kier molecular flexibility index (Phi) is 9.84. The monoisotopic (exact) mass is 412 g/mol. The van der Waals surface area contributed by atoms with Crippen molar-refractivity contribution in [2.45, 2.75) is 63.6 Å². The number of nitrogens with zero attached hydrogens (tertiary/aromatic N) is 2. The molecule has 0 unspecified atom stereocenters. The fraction of sp³-hybridized carbons (Fsp3) is 0.500. The molecule has 1 fully saturated rings. The second kappa shape index (κ2) is 11.3. The summed E-state index contributed by atoms with van der Waals surface area (Å²) < 4.78 is 2.12. The highest BCUT2D eigenvalue weighted by molar-refractivity contribution is 5.86. The highest BCUT2D eigenvalue weighted by Gasteiger charge is 2.35. The summed E-state index contributed by atoms with van der Waals surface area (Å²) in [6.07, 6.45) is 10.7. The normalized spacial score (nSPS) is 15.3. The van der Waals surface area contributed by atoms with Crippen molar-refractivity contribution >= 4 is 30.7 Å². The topological polar surface area (TPSA) is 72.9 Å². The van der Waals surface area contributed by atoms with Crippen molar-refractivity contribution in [2.75, 3.05) is 0 Å². The van der Waals surface area contributed by atoms with Crippen molar-refractivity contribution in [1.29, 1.82) is 0 Å². The van der Waals surface area contributed by atoms with Gasteiger partial charge in [-0.25, -0.2) is 4.98 Å². The average molecular weight is 413 g/mol. The molecule has 0 saturated heterocycles. The van der Waals surface area contributed by atoms with Crippen LogP contribution in [0.25, 0.3) is 0 Å². The van der Waals surface area contributed by atoms with E-state index in [-0.39, 0.29) is 30.7 Å².